The summed E-state index contributed by atoms with van der Waals surface area (Å²) in [6, 6.07) is 0. The molecule has 1 fully saturated rings. The van der Waals surface area contributed by atoms with Crippen LogP contribution in [0.25, 0.3) is 0 Å². The Morgan fingerprint density at radius 3 is 2.85 bits per heavy atom. The molecule has 72 valence electrons. The van der Waals surface area contributed by atoms with Crippen molar-refractivity contribution in [3.05, 3.63) is 4.47 Å². The van der Waals surface area contributed by atoms with E-state index < -0.39 is 0 Å². The van der Waals surface area contributed by atoms with Crippen LogP contribution in [0.2, 0.25) is 0 Å². The second-order valence-electron chi connectivity index (χ2n) is 3.38. The number of hydrogen-bond acceptors (Lipinski definition) is 3. The third-order valence-corrected chi connectivity index (χ3v) is 2.90. The van der Waals surface area contributed by atoms with Crippen LogP contribution in [0.1, 0.15) is 12.8 Å². The molecule has 0 aromatic carbocycles. The molecule has 0 radical (unpaired) electrons. The number of nitrogens with zero attached hydrogens (tertiary/aromatic N) is 2. The van der Waals surface area contributed by atoms with Crippen LogP contribution in [0.15, 0.2) is 4.47 Å². The molecular formula is C8H12BrN3O. The standard InChI is InChI=1S/C8H12BrN3O/c1-12-7(10)6(9)8(11-12)13-4-5-2-3-5/h5H,2-4,10H2,1H3. The summed E-state index contributed by atoms with van der Waals surface area (Å²) < 4.78 is 7.87. The van der Waals surface area contributed by atoms with Gasteiger partial charge in [0, 0.05) is 7.05 Å². The van der Waals surface area contributed by atoms with Crippen LogP contribution in [-0.4, -0.2) is 16.4 Å². The summed E-state index contributed by atoms with van der Waals surface area (Å²) in [5.41, 5.74) is 5.70. The normalized spacial score (nSPS) is 16.2. The van der Waals surface area contributed by atoms with Crippen molar-refractivity contribution in [2.75, 3.05) is 12.3 Å². The van der Waals surface area contributed by atoms with Gasteiger partial charge in [-0.15, -0.1) is 5.10 Å². The molecular weight excluding hydrogens is 234 g/mol. The Morgan fingerprint density at radius 1 is 1.69 bits per heavy atom. The molecule has 0 amide bonds. The molecule has 1 saturated carbocycles. The van der Waals surface area contributed by atoms with Gasteiger partial charge >= 0.3 is 0 Å². The lowest BCUT2D eigenvalue weighted by atomic mass is 10.5. The molecule has 0 unspecified atom stereocenters. The van der Waals surface area contributed by atoms with Crippen molar-refractivity contribution < 1.29 is 4.74 Å². The Morgan fingerprint density at radius 2 is 2.38 bits per heavy atom. The molecule has 1 aliphatic carbocycles. The van der Waals surface area contributed by atoms with E-state index >= 15 is 0 Å². The minimum absolute atomic E-state index is 0.603. The van der Waals surface area contributed by atoms with E-state index in [-0.39, 0.29) is 0 Å². The minimum Gasteiger partial charge on any atom is -0.475 e. The summed E-state index contributed by atoms with van der Waals surface area (Å²) in [7, 11) is 1.80. The van der Waals surface area contributed by atoms with Gasteiger partial charge in [-0.25, -0.2) is 4.68 Å². The zero-order chi connectivity index (χ0) is 9.42. The molecule has 0 aliphatic heterocycles. The highest BCUT2D eigenvalue weighted by atomic mass is 79.9. The fourth-order valence-corrected chi connectivity index (χ4v) is 1.51. The summed E-state index contributed by atoms with van der Waals surface area (Å²) in [4.78, 5) is 0. The van der Waals surface area contributed by atoms with Gasteiger partial charge in [-0.05, 0) is 34.7 Å². The van der Waals surface area contributed by atoms with Crippen molar-refractivity contribution in [1.29, 1.82) is 0 Å². The number of halogens is 1. The van der Waals surface area contributed by atoms with E-state index in [9.17, 15) is 0 Å². The third kappa shape index (κ3) is 1.80. The van der Waals surface area contributed by atoms with E-state index in [2.05, 4.69) is 21.0 Å². The van der Waals surface area contributed by atoms with E-state index in [4.69, 9.17) is 10.5 Å². The highest BCUT2D eigenvalue weighted by molar-refractivity contribution is 9.10. The third-order valence-electron chi connectivity index (χ3n) is 2.15. The first kappa shape index (κ1) is 8.87. The molecule has 1 aromatic rings. The molecule has 13 heavy (non-hydrogen) atoms. The van der Waals surface area contributed by atoms with Crippen LogP contribution in [0.5, 0.6) is 5.88 Å². The number of rotatable bonds is 3. The van der Waals surface area contributed by atoms with Crippen molar-refractivity contribution >= 4 is 21.7 Å². The van der Waals surface area contributed by atoms with Crippen LogP contribution in [0.3, 0.4) is 0 Å². The lowest BCUT2D eigenvalue weighted by Crippen LogP contribution is -2.00. The lowest BCUT2D eigenvalue weighted by molar-refractivity contribution is 0.284. The largest absolute Gasteiger partial charge is 0.475 e. The van der Waals surface area contributed by atoms with Gasteiger partial charge in [0.15, 0.2) is 0 Å². The van der Waals surface area contributed by atoms with Crippen molar-refractivity contribution in [1.82, 2.24) is 9.78 Å². The quantitative estimate of drug-likeness (QED) is 0.880. The van der Waals surface area contributed by atoms with Gasteiger partial charge in [0.25, 0.3) is 0 Å². The topological polar surface area (TPSA) is 53.1 Å². The molecule has 4 nitrogen and oxygen atoms in total. The SMILES string of the molecule is Cn1nc(OCC2CC2)c(Br)c1N. The van der Waals surface area contributed by atoms with E-state index in [1.54, 1.807) is 11.7 Å². The summed E-state index contributed by atoms with van der Waals surface area (Å²) in [5, 5.41) is 4.13. The molecule has 2 rings (SSSR count). The first-order valence-electron chi connectivity index (χ1n) is 4.29. The molecule has 0 spiro atoms. The predicted molar refractivity (Wildman–Crippen MR) is 53.5 cm³/mol. The van der Waals surface area contributed by atoms with E-state index in [1.165, 1.54) is 12.8 Å². The Balaban J connectivity index is 2.05. The monoisotopic (exact) mass is 245 g/mol. The second-order valence-corrected chi connectivity index (χ2v) is 4.18. The molecule has 2 N–H and O–H groups in total. The molecule has 1 heterocycles. The summed E-state index contributed by atoms with van der Waals surface area (Å²) in [5.74, 6) is 1.94. The lowest BCUT2D eigenvalue weighted by Gasteiger charge is -1.99. The van der Waals surface area contributed by atoms with Gasteiger partial charge in [0.2, 0.25) is 5.88 Å². The maximum atomic E-state index is 5.70. The van der Waals surface area contributed by atoms with Crippen LogP contribution < -0.4 is 10.5 Å². The summed E-state index contributed by atoms with van der Waals surface area (Å²) in [6.45, 7) is 0.759. The fourth-order valence-electron chi connectivity index (χ4n) is 1.06. The van der Waals surface area contributed by atoms with Gasteiger partial charge in [-0.2, -0.15) is 0 Å². The second kappa shape index (κ2) is 3.21. The molecule has 1 aromatic heterocycles. The highest BCUT2D eigenvalue weighted by Gasteiger charge is 2.23. The maximum Gasteiger partial charge on any atom is 0.249 e. The van der Waals surface area contributed by atoms with Crippen molar-refractivity contribution in [3.8, 4) is 5.88 Å². The van der Waals surface area contributed by atoms with Crippen molar-refractivity contribution in [2.45, 2.75) is 12.8 Å². The van der Waals surface area contributed by atoms with Gasteiger partial charge in [0.1, 0.15) is 10.3 Å². The van der Waals surface area contributed by atoms with Crippen LogP contribution in [0.4, 0.5) is 5.82 Å². The van der Waals surface area contributed by atoms with E-state index in [1.807, 2.05) is 0 Å². The number of anilines is 1. The smallest absolute Gasteiger partial charge is 0.249 e. The van der Waals surface area contributed by atoms with Crippen LogP contribution >= 0.6 is 15.9 Å². The van der Waals surface area contributed by atoms with Crippen LogP contribution in [-0.2, 0) is 7.05 Å². The number of ether oxygens (including phenoxy) is 1. The average Bonchev–Trinajstić information content (AvgIpc) is 2.89. The van der Waals surface area contributed by atoms with E-state index in [0.717, 1.165) is 17.0 Å². The Kier molecular flexibility index (Phi) is 2.19. The molecule has 5 heteroatoms. The molecule has 0 atom stereocenters. The number of nitrogens with two attached hydrogens (primary N) is 1. The van der Waals surface area contributed by atoms with E-state index in [0.29, 0.717) is 11.7 Å². The first-order chi connectivity index (χ1) is 6.18. The predicted octanol–water partition coefficient (Wildman–Crippen LogP) is 1.55. The zero-order valence-electron chi connectivity index (χ0n) is 7.46. The summed E-state index contributed by atoms with van der Waals surface area (Å²) >= 11 is 3.34. The van der Waals surface area contributed by atoms with Crippen molar-refractivity contribution in [3.63, 3.8) is 0 Å². The molecule has 0 saturated heterocycles. The minimum atomic E-state index is 0.603. The average molecular weight is 246 g/mol. The van der Waals surface area contributed by atoms with Crippen molar-refractivity contribution in [2.24, 2.45) is 13.0 Å². The fraction of sp³-hybridized carbons (Fsp3) is 0.625. The first-order valence-corrected chi connectivity index (χ1v) is 5.08. The number of nitrogen functional groups attached to an aromatic ring is 1. The van der Waals surface area contributed by atoms with Gasteiger partial charge in [-0.3, -0.25) is 0 Å². The molecule has 1 aliphatic rings. The number of aromatic nitrogens is 2. The Labute approximate surface area is 85.2 Å². The Hall–Kier alpha value is -0.710. The van der Waals surface area contributed by atoms with Gasteiger partial charge in [0.05, 0.1) is 6.61 Å². The zero-order valence-corrected chi connectivity index (χ0v) is 9.04. The Bertz CT molecular complexity index is 319. The van der Waals surface area contributed by atoms with Gasteiger partial charge in [-0.1, -0.05) is 0 Å². The highest BCUT2D eigenvalue weighted by Crippen LogP contribution is 2.33. The summed E-state index contributed by atoms with van der Waals surface area (Å²) in [6.07, 6.45) is 2.56. The molecule has 0 bridgehead atoms. The maximum absolute atomic E-state index is 5.70. The van der Waals surface area contributed by atoms with Gasteiger partial charge < -0.3 is 10.5 Å². The van der Waals surface area contributed by atoms with Crippen LogP contribution in [0, 0.1) is 5.92 Å². The number of aryl methyl sites for hydroxylation is 1. The number of hydrogen-bond donors (Lipinski definition) is 1.